The average Bonchev–Trinajstić information content (AvgIpc) is 3.21. The van der Waals surface area contributed by atoms with Gasteiger partial charge >= 0.3 is 6.03 Å². The van der Waals surface area contributed by atoms with Gasteiger partial charge in [-0.1, -0.05) is 38.1 Å². The van der Waals surface area contributed by atoms with Crippen molar-refractivity contribution in [2.75, 3.05) is 18.4 Å². The van der Waals surface area contributed by atoms with Gasteiger partial charge in [0.25, 0.3) is 0 Å². The minimum atomic E-state index is -0.0984. The highest BCUT2D eigenvalue weighted by atomic mass is 32.1. The number of hydrogen-bond acceptors (Lipinski definition) is 3. The fraction of sp³-hybridized carbons (Fsp3) is 0.429. The molecular weight excluding hydrogens is 358 g/mol. The molecule has 1 aliphatic rings. The molecule has 1 fully saturated rings. The third-order valence-corrected chi connectivity index (χ3v) is 5.95. The normalized spacial score (nSPS) is 16.2. The number of likely N-dealkylation sites (tertiary alicyclic amines) is 1. The zero-order valence-electron chi connectivity index (χ0n) is 15.9. The minimum Gasteiger partial charge on any atom is -0.348 e. The molecule has 0 bridgehead atoms. The van der Waals surface area contributed by atoms with Crippen molar-refractivity contribution in [2.45, 2.75) is 32.7 Å². The number of piperidine rings is 1. The molecule has 144 valence electrons. The smallest absolute Gasteiger partial charge is 0.321 e. The van der Waals surface area contributed by atoms with Crippen LogP contribution in [-0.2, 0) is 4.79 Å². The molecule has 1 aliphatic heterocycles. The number of urea groups is 1. The summed E-state index contributed by atoms with van der Waals surface area (Å²) < 4.78 is 0. The Kier molecular flexibility index (Phi) is 6.50. The van der Waals surface area contributed by atoms with Crippen molar-refractivity contribution in [1.29, 1.82) is 0 Å². The van der Waals surface area contributed by atoms with E-state index in [1.165, 1.54) is 4.88 Å². The SMILES string of the molecule is CC(C)[C@H](NC(=O)C1CCN(C(=O)Nc2ccccc2)CC1)c1cccs1. The molecule has 6 heteroatoms. The first-order valence-electron chi connectivity index (χ1n) is 9.49. The van der Waals surface area contributed by atoms with Gasteiger partial charge in [0, 0.05) is 29.6 Å². The Morgan fingerprint density at radius 2 is 1.78 bits per heavy atom. The van der Waals surface area contributed by atoms with Gasteiger partial charge in [-0.15, -0.1) is 11.3 Å². The number of anilines is 1. The molecule has 3 rings (SSSR count). The van der Waals surface area contributed by atoms with E-state index in [-0.39, 0.29) is 23.9 Å². The second kappa shape index (κ2) is 9.04. The molecule has 27 heavy (non-hydrogen) atoms. The van der Waals surface area contributed by atoms with Crippen molar-refractivity contribution in [1.82, 2.24) is 10.2 Å². The highest BCUT2D eigenvalue weighted by Crippen LogP contribution is 2.27. The second-order valence-corrected chi connectivity index (χ2v) is 8.28. The van der Waals surface area contributed by atoms with Gasteiger partial charge in [0.1, 0.15) is 0 Å². The molecule has 0 unspecified atom stereocenters. The van der Waals surface area contributed by atoms with Crippen LogP contribution in [0.3, 0.4) is 0 Å². The summed E-state index contributed by atoms with van der Waals surface area (Å²) >= 11 is 1.68. The Bertz CT molecular complexity index is 738. The van der Waals surface area contributed by atoms with Crippen molar-refractivity contribution in [3.8, 4) is 0 Å². The first kappa shape index (κ1) is 19.4. The van der Waals surface area contributed by atoms with Crippen LogP contribution in [0.25, 0.3) is 0 Å². The largest absolute Gasteiger partial charge is 0.348 e. The van der Waals surface area contributed by atoms with Crippen LogP contribution in [0.5, 0.6) is 0 Å². The molecule has 5 nitrogen and oxygen atoms in total. The van der Waals surface area contributed by atoms with Crippen LogP contribution in [0.2, 0.25) is 0 Å². The Hall–Kier alpha value is -2.34. The predicted molar refractivity (Wildman–Crippen MR) is 110 cm³/mol. The molecule has 3 amide bonds. The summed E-state index contributed by atoms with van der Waals surface area (Å²) in [4.78, 5) is 28.1. The molecule has 0 spiro atoms. The van der Waals surface area contributed by atoms with E-state index >= 15 is 0 Å². The molecule has 2 aromatic rings. The molecule has 1 aromatic carbocycles. The van der Waals surface area contributed by atoms with Crippen molar-refractivity contribution >= 4 is 29.0 Å². The predicted octanol–water partition coefficient (Wildman–Crippen LogP) is 4.51. The van der Waals surface area contributed by atoms with Crippen LogP contribution in [-0.4, -0.2) is 29.9 Å². The standard InChI is InChI=1S/C21H27N3O2S/c1-15(2)19(18-9-6-14-27-18)23-20(25)16-10-12-24(13-11-16)21(26)22-17-7-4-3-5-8-17/h3-9,14-16,19H,10-13H2,1-2H3,(H,22,26)(H,23,25)/t19-/m0/s1. The van der Waals surface area contributed by atoms with Crippen molar-refractivity contribution in [3.63, 3.8) is 0 Å². The molecule has 1 saturated heterocycles. The number of nitrogens with zero attached hydrogens (tertiary/aromatic N) is 1. The van der Waals surface area contributed by atoms with Crippen LogP contribution in [0.15, 0.2) is 47.8 Å². The number of benzene rings is 1. The van der Waals surface area contributed by atoms with Crippen molar-refractivity contribution in [2.24, 2.45) is 11.8 Å². The van der Waals surface area contributed by atoms with E-state index in [9.17, 15) is 9.59 Å². The maximum Gasteiger partial charge on any atom is 0.321 e. The Morgan fingerprint density at radius 1 is 1.07 bits per heavy atom. The third kappa shape index (κ3) is 5.10. The van der Waals surface area contributed by atoms with Crippen molar-refractivity contribution in [3.05, 3.63) is 52.7 Å². The summed E-state index contributed by atoms with van der Waals surface area (Å²) in [7, 11) is 0. The monoisotopic (exact) mass is 385 g/mol. The average molecular weight is 386 g/mol. The molecule has 0 radical (unpaired) electrons. The minimum absolute atomic E-state index is 0.0352. The van der Waals surface area contributed by atoms with Gasteiger partial charge in [-0.3, -0.25) is 4.79 Å². The van der Waals surface area contributed by atoms with Gasteiger partial charge in [0.15, 0.2) is 0 Å². The third-order valence-electron chi connectivity index (χ3n) is 4.99. The number of carbonyl (C=O) groups excluding carboxylic acids is 2. The number of para-hydroxylation sites is 1. The van der Waals surface area contributed by atoms with E-state index in [2.05, 4.69) is 30.5 Å². The molecule has 0 saturated carbocycles. The Balaban J connectivity index is 1.51. The lowest BCUT2D eigenvalue weighted by Gasteiger charge is -2.32. The molecule has 0 aliphatic carbocycles. The lowest BCUT2D eigenvalue weighted by atomic mass is 9.94. The fourth-order valence-electron chi connectivity index (χ4n) is 3.37. The van der Waals surface area contributed by atoms with Gasteiger partial charge < -0.3 is 15.5 Å². The van der Waals surface area contributed by atoms with Gasteiger partial charge in [0.05, 0.1) is 6.04 Å². The lowest BCUT2D eigenvalue weighted by molar-refractivity contribution is -0.127. The van der Waals surface area contributed by atoms with Gasteiger partial charge in [-0.05, 0) is 42.3 Å². The summed E-state index contributed by atoms with van der Waals surface area (Å²) in [6.45, 7) is 5.45. The topological polar surface area (TPSA) is 61.4 Å². The summed E-state index contributed by atoms with van der Waals surface area (Å²) in [5, 5.41) is 8.18. The zero-order chi connectivity index (χ0) is 19.2. The molecule has 2 N–H and O–H groups in total. The molecular formula is C21H27N3O2S. The van der Waals surface area contributed by atoms with E-state index in [0.717, 1.165) is 5.69 Å². The highest BCUT2D eigenvalue weighted by molar-refractivity contribution is 7.10. The number of rotatable bonds is 5. The maximum absolute atomic E-state index is 12.8. The summed E-state index contributed by atoms with van der Waals surface area (Å²) in [5.41, 5.74) is 0.790. The van der Waals surface area contributed by atoms with Crippen LogP contribution in [0, 0.1) is 11.8 Å². The van der Waals surface area contributed by atoms with Crippen LogP contribution < -0.4 is 10.6 Å². The summed E-state index contributed by atoms with van der Waals surface area (Å²) in [6, 6.07) is 13.5. The maximum atomic E-state index is 12.8. The highest BCUT2D eigenvalue weighted by Gasteiger charge is 2.29. The van der Waals surface area contributed by atoms with E-state index < -0.39 is 0 Å². The van der Waals surface area contributed by atoms with E-state index in [4.69, 9.17) is 0 Å². The molecule has 1 aromatic heterocycles. The number of carbonyl (C=O) groups is 2. The zero-order valence-corrected chi connectivity index (χ0v) is 16.7. The van der Waals surface area contributed by atoms with Gasteiger partial charge in [-0.25, -0.2) is 4.79 Å². The summed E-state index contributed by atoms with van der Waals surface area (Å²) in [5.74, 6) is 0.404. The number of hydrogen-bond donors (Lipinski definition) is 2. The van der Waals surface area contributed by atoms with Gasteiger partial charge in [-0.2, -0.15) is 0 Å². The van der Waals surface area contributed by atoms with E-state index in [0.29, 0.717) is 31.8 Å². The number of nitrogens with one attached hydrogen (secondary N) is 2. The molecule has 2 heterocycles. The first-order valence-corrected chi connectivity index (χ1v) is 10.4. The fourth-order valence-corrected chi connectivity index (χ4v) is 4.32. The number of thiophene rings is 1. The Morgan fingerprint density at radius 3 is 2.37 bits per heavy atom. The van der Waals surface area contributed by atoms with E-state index in [1.54, 1.807) is 16.2 Å². The second-order valence-electron chi connectivity index (χ2n) is 7.30. The van der Waals surface area contributed by atoms with Crippen molar-refractivity contribution < 1.29 is 9.59 Å². The Labute approximate surface area is 164 Å². The van der Waals surface area contributed by atoms with Gasteiger partial charge in [0.2, 0.25) is 5.91 Å². The molecule has 1 atom stereocenters. The van der Waals surface area contributed by atoms with Crippen LogP contribution in [0.1, 0.15) is 37.6 Å². The number of amides is 3. The summed E-state index contributed by atoms with van der Waals surface area (Å²) in [6.07, 6.45) is 1.40. The van der Waals surface area contributed by atoms with Crippen LogP contribution in [0.4, 0.5) is 10.5 Å². The quantitative estimate of drug-likeness (QED) is 0.796. The lowest BCUT2D eigenvalue weighted by Crippen LogP contribution is -2.45. The first-order chi connectivity index (χ1) is 13.0. The van der Waals surface area contributed by atoms with E-state index in [1.807, 2.05) is 41.8 Å². The van der Waals surface area contributed by atoms with Crippen LogP contribution >= 0.6 is 11.3 Å².